The smallest absolute Gasteiger partial charge is 0.313 e. The van der Waals surface area contributed by atoms with E-state index in [4.69, 9.17) is 4.74 Å². The Balaban J connectivity index is 1.72. The molecule has 2 aromatic rings. The number of benzene rings is 1. The summed E-state index contributed by atoms with van der Waals surface area (Å²) in [6, 6.07) is 9.45. The van der Waals surface area contributed by atoms with Crippen LogP contribution in [0.25, 0.3) is 0 Å². The minimum Gasteiger partial charge on any atom is -0.481 e. The first kappa shape index (κ1) is 17.9. The average Bonchev–Trinajstić information content (AvgIpc) is 3.13. The van der Waals surface area contributed by atoms with Gasteiger partial charge < -0.3 is 15.0 Å². The number of hydrogen-bond acceptors (Lipinski definition) is 4. The van der Waals surface area contributed by atoms with Crippen molar-refractivity contribution < 1.29 is 14.3 Å². The quantitative estimate of drug-likeness (QED) is 0.861. The number of aryl methyl sites for hydroxylation is 2. The number of hydrogen-bond donors (Lipinski definition) is 1. The molecule has 26 heavy (non-hydrogen) atoms. The molecule has 2 heterocycles. The van der Waals surface area contributed by atoms with E-state index in [1.54, 1.807) is 17.0 Å². The number of amides is 2. The zero-order valence-electron chi connectivity index (χ0n) is 15.3. The molecule has 1 N–H and O–H groups in total. The van der Waals surface area contributed by atoms with Crippen molar-refractivity contribution in [1.82, 2.24) is 9.88 Å². The van der Waals surface area contributed by atoms with Gasteiger partial charge in [-0.05, 0) is 49.4 Å². The van der Waals surface area contributed by atoms with Crippen molar-refractivity contribution in [3.8, 4) is 5.88 Å². The van der Waals surface area contributed by atoms with Gasteiger partial charge >= 0.3 is 11.8 Å². The molecule has 1 saturated heterocycles. The van der Waals surface area contributed by atoms with E-state index in [1.807, 2.05) is 6.07 Å². The van der Waals surface area contributed by atoms with Gasteiger partial charge in [0.05, 0.1) is 25.0 Å². The lowest BCUT2D eigenvalue weighted by molar-refractivity contribution is -0.143. The van der Waals surface area contributed by atoms with E-state index >= 15 is 0 Å². The molecule has 0 aliphatic carbocycles. The second kappa shape index (κ2) is 7.56. The summed E-state index contributed by atoms with van der Waals surface area (Å²) in [7, 11) is 1.52. The van der Waals surface area contributed by atoms with Crippen LogP contribution in [0.2, 0.25) is 0 Å². The number of nitrogens with zero attached hydrogens (tertiary/aromatic N) is 2. The minimum absolute atomic E-state index is 0.0541. The lowest BCUT2D eigenvalue weighted by Crippen LogP contribution is -2.39. The summed E-state index contributed by atoms with van der Waals surface area (Å²) in [4.78, 5) is 30.8. The number of pyridine rings is 1. The highest BCUT2D eigenvalue weighted by Crippen LogP contribution is 2.33. The van der Waals surface area contributed by atoms with Crippen LogP contribution in [0.1, 0.15) is 35.6 Å². The van der Waals surface area contributed by atoms with Crippen LogP contribution in [0.15, 0.2) is 36.5 Å². The van der Waals surface area contributed by atoms with Crippen LogP contribution < -0.4 is 10.1 Å². The van der Waals surface area contributed by atoms with E-state index in [1.165, 1.54) is 24.4 Å². The molecule has 0 spiro atoms. The molecular formula is C20H23N3O3. The summed E-state index contributed by atoms with van der Waals surface area (Å²) < 4.78 is 4.98. The number of rotatable bonds is 3. The molecule has 1 aromatic carbocycles. The fourth-order valence-electron chi connectivity index (χ4n) is 3.22. The van der Waals surface area contributed by atoms with Gasteiger partial charge in [-0.3, -0.25) is 9.59 Å². The van der Waals surface area contributed by atoms with Gasteiger partial charge in [0.2, 0.25) is 5.88 Å². The Morgan fingerprint density at radius 3 is 2.65 bits per heavy atom. The van der Waals surface area contributed by atoms with Gasteiger partial charge in [-0.2, -0.15) is 0 Å². The Labute approximate surface area is 153 Å². The van der Waals surface area contributed by atoms with E-state index in [9.17, 15) is 9.59 Å². The van der Waals surface area contributed by atoms with Crippen molar-refractivity contribution in [3.05, 3.63) is 53.2 Å². The fraction of sp³-hybridized carbons (Fsp3) is 0.350. The summed E-state index contributed by atoms with van der Waals surface area (Å²) in [6.07, 6.45) is 3.22. The van der Waals surface area contributed by atoms with Gasteiger partial charge in [0.15, 0.2) is 0 Å². The second-order valence-electron chi connectivity index (χ2n) is 6.54. The summed E-state index contributed by atoms with van der Waals surface area (Å²) in [6.45, 7) is 4.71. The standard InChI is InChI=1S/C20H23N3O3/c1-13-6-7-15(11-14(13)2)17-5-4-10-23(17)20(25)19(24)22-16-8-9-18(26-3)21-12-16/h6-9,11-12,17H,4-5,10H2,1-3H3,(H,22,24)/t17-/m1/s1. The normalized spacial score (nSPS) is 16.4. The van der Waals surface area contributed by atoms with Crippen molar-refractivity contribution in [3.63, 3.8) is 0 Å². The molecule has 0 bridgehead atoms. The van der Waals surface area contributed by atoms with Crippen LogP contribution in [0.4, 0.5) is 5.69 Å². The molecule has 0 radical (unpaired) electrons. The molecule has 0 saturated carbocycles. The number of likely N-dealkylation sites (tertiary alicyclic amines) is 1. The highest BCUT2D eigenvalue weighted by Gasteiger charge is 2.33. The number of nitrogens with one attached hydrogen (secondary N) is 1. The fourth-order valence-corrected chi connectivity index (χ4v) is 3.22. The lowest BCUT2D eigenvalue weighted by Gasteiger charge is -2.25. The maximum atomic E-state index is 12.7. The van der Waals surface area contributed by atoms with Crippen molar-refractivity contribution in [2.45, 2.75) is 32.7 Å². The third-order valence-electron chi connectivity index (χ3n) is 4.83. The third-order valence-corrected chi connectivity index (χ3v) is 4.83. The van der Waals surface area contributed by atoms with Crippen LogP contribution in [-0.2, 0) is 9.59 Å². The first-order valence-electron chi connectivity index (χ1n) is 8.68. The number of carbonyl (C=O) groups excluding carboxylic acids is 2. The Hall–Kier alpha value is -2.89. The zero-order valence-corrected chi connectivity index (χ0v) is 15.3. The van der Waals surface area contributed by atoms with Crippen molar-refractivity contribution >= 4 is 17.5 Å². The van der Waals surface area contributed by atoms with Crippen LogP contribution in [-0.4, -0.2) is 35.4 Å². The number of anilines is 1. The Morgan fingerprint density at radius 1 is 1.19 bits per heavy atom. The molecule has 1 aromatic heterocycles. The predicted octanol–water partition coefficient (Wildman–Crippen LogP) is 3.01. The first-order valence-corrected chi connectivity index (χ1v) is 8.68. The molecule has 3 rings (SSSR count). The largest absolute Gasteiger partial charge is 0.481 e. The van der Waals surface area contributed by atoms with Crippen LogP contribution in [0, 0.1) is 13.8 Å². The number of carbonyl (C=O) groups is 2. The van der Waals surface area contributed by atoms with Gasteiger partial charge in [0, 0.05) is 12.6 Å². The number of aromatic nitrogens is 1. The van der Waals surface area contributed by atoms with Crippen molar-refractivity contribution in [2.75, 3.05) is 19.0 Å². The minimum atomic E-state index is -0.646. The molecule has 6 nitrogen and oxygen atoms in total. The number of methoxy groups -OCH3 is 1. The number of ether oxygens (including phenoxy) is 1. The molecule has 1 atom stereocenters. The van der Waals surface area contributed by atoms with E-state index in [2.05, 4.69) is 36.3 Å². The van der Waals surface area contributed by atoms with Crippen molar-refractivity contribution in [2.24, 2.45) is 0 Å². The lowest BCUT2D eigenvalue weighted by atomic mass is 9.99. The van der Waals surface area contributed by atoms with Gasteiger partial charge in [-0.15, -0.1) is 0 Å². The third kappa shape index (κ3) is 3.69. The van der Waals surface area contributed by atoms with Gasteiger partial charge in [0.1, 0.15) is 0 Å². The summed E-state index contributed by atoms with van der Waals surface area (Å²) in [5.41, 5.74) is 3.95. The van der Waals surface area contributed by atoms with Gasteiger partial charge in [0.25, 0.3) is 0 Å². The monoisotopic (exact) mass is 353 g/mol. The molecule has 6 heteroatoms. The maximum Gasteiger partial charge on any atom is 0.313 e. The highest BCUT2D eigenvalue weighted by molar-refractivity contribution is 6.39. The summed E-state index contributed by atoms with van der Waals surface area (Å²) in [5.74, 6) is -0.710. The average molecular weight is 353 g/mol. The van der Waals surface area contributed by atoms with Crippen LogP contribution in [0.3, 0.4) is 0 Å². The van der Waals surface area contributed by atoms with E-state index in [0.29, 0.717) is 18.1 Å². The highest BCUT2D eigenvalue weighted by atomic mass is 16.5. The molecule has 1 aliphatic heterocycles. The molecule has 2 amide bonds. The Kier molecular flexibility index (Phi) is 5.21. The van der Waals surface area contributed by atoms with Gasteiger partial charge in [-0.25, -0.2) is 4.98 Å². The second-order valence-corrected chi connectivity index (χ2v) is 6.54. The first-order chi connectivity index (χ1) is 12.5. The molecule has 1 aliphatic rings. The predicted molar refractivity (Wildman–Crippen MR) is 99.0 cm³/mol. The zero-order chi connectivity index (χ0) is 18.7. The SMILES string of the molecule is COc1ccc(NC(=O)C(=O)N2CCC[C@@H]2c2ccc(C)c(C)c2)cn1. The van der Waals surface area contributed by atoms with Gasteiger partial charge in [-0.1, -0.05) is 18.2 Å². The van der Waals surface area contributed by atoms with E-state index in [-0.39, 0.29) is 6.04 Å². The Bertz CT molecular complexity index is 818. The Morgan fingerprint density at radius 2 is 2.00 bits per heavy atom. The van der Waals surface area contributed by atoms with Crippen LogP contribution in [0.5, 0.6) is 5.88 Å². The molecular weight excluding hydrogens is 330 g/mol. The molecule has 0 unspecified atom stereocenters. The molecule has 136 valence electrons. The van der Waals surface area contributed by atoms with E-state index < -0.39 is 11.8 Å². The molecule has 1 fully saturated rings. The van der Waals surface area contributed by atoms with Crippen molar-refractivity contribution in [1.29, 1.82) is 0 Å². The summed E-state index contributed by atoms with van der Waals surface area (Å²) in [5, 5.41) is 2.61. The summed E-state index contributed by atoms with van der Waals surface area (Å²) >= 11 is 0. The topological polar surface area (TPSA) is 71.5 Å². The van der Waals surface area contributed by atoms with E-state index in [0.717, 1.165) is 18.4 Å². The maximum absolute atomic E-state index is 12.7. The van der Waals surface area contributed by atoms with Crippen LogP contribution >= 0.6 is 0 Å².